The first-order valence-corrected chi connectivity index (χ1v) is 10.5. The van der Waals surface area contributed by atoms with Gasteiger partial charge in [-0.25, -0.2) is 10.1 Å². The highest BCUT2D eigenvalue weighted by molar-refractivity contribution is 9.11. The number of aryl methyl sites for hydroxylation is 2. The highest BCUT2D eigenvalue weighted by atomic mass is 79.9. The third kappa shape index (κ3) is 4.81. The van der Waals surface area contributed by atoms with Crippen LogP contribution < -0.4 is 11.3 Å². The number of thiazole rings is 1. The van der Waals surface area contributed by atoms with E-state index in [-0.39, 0.29) is 5.56 Å². The molecular weight excluding hydrogens is 428 g/mol. The number of aromatic amines is 1. The third-order valence-electron chi connectivity index (χ3n) is 4.78. The second-order valence-electron chi connectivity index (χ2n) is 6.63. The summed E-state index contributed by atoms with van der Waals surface area (Å²) in [7, 11) is 0. The fourth-order valence-corrected chi connectivity index (χ4v) is 4.47. The van der Waals surface area contributed by atoms with Crippen LogP contribution in [0.5, 0.6) is 0 Å². The molecule has 0 bridgehead atoms. The van der Waals surface area contributed by atoms with Gasteiger partial charge in [0, 0.05) is 5.39 Å². The van der Waals surface area contributed by atoms with E-state index in [9.17, 15) is 9.59 Å². The Labute approximate surface area is 169 Å². The Morgan fingerprint density at radius 3 is 2.56 bits per heavy atom. The second kappa shape index (κ2) is 8.75. The van der Waals surface area contributed by atoms with E-state index in [4.69, 9.17) is 5.73 Å². The molecular formula is C19H21BrN4O2S. The maximum Gasteiger partial charge on any atom is 0.272 e. The van der Waals surface area contributed by atoms with E-state index in [0.717, 1.165) is 28.8 Å². The van der Waals surface area contributed by atoms with Gasteiger partial charge < -0.3 is 5.73 Å². The zero-order valence-electron chi connectivity index (χ0n) is 15.0. The van der Waals surface area contributed by atoms with Crippen LogP contribution in [0.3, 0.4) is 0 Å². The summed E-state index contributed by atoms with van der Waals surface area (Å²) >= 11 is 4.40. The molecule has 1 aliphatic carbocycles. The smallest absolute Gasteiger partial charge is 0.272 e. The van der Waals surface area contributed by atoms with Gasteiger partial charge >= 0.3 is 0 Å². The Morgan fingerprint density at radius 2 is 2.04 bits per heavy atom. The van der Waals surface area contributed by atoms with Gasteiger partial charge in [-0.1, -0.05) is 37.5 Å². The molecule has 27 heavy (non-hydrogen) atoms. The molecule has 1 fully saturated rings. The molecule has 8 heteroatoms. The molecule has 1 aliphatic rings. The lowest BCUT2D eigenvalue weighted by atomic mass is 9.81. The topological polar surface area (TPSA) is 102 Å². The van der Waals surface area contributed by atoms with Crippen LogP contribution in [-0.2, 0) is 6.42 Å². The predicted molar refractivity (Wildman–Crippen MR) is 111 cm³/mol. The van der Waals surface area contributed by atoms with Gasteiger partial charge in [0.1, 0.15) is 4.88 Å². The zero-order valence-corrected chi connectivity index (χ0v) is 17.4. The summed E-state index contributed by atoms with van der Waals surface area (Å²) in [4.78, 5) is 26.7. The number of nitrogens with one attached hydrogen (secondary N) is 1. The Kier molecular flexibility index (Phi) is 6.38. The molecule has 4 rings (SSSR count). The van der Waals surface area contributed by atoms with Crippen LogP contribution in [0.25, 0.3) is 10.8 Å². The summed E-state index contributed by atoms with van der Waals surface area (Å²) in [6.07, 6.45) is 6.28. The number of carbonyl (C=O) groups excluding carboxylic acids is 1. The van der Waals surface area contributed by atoms with Crippen LogP contribution in [0.1, 0.15) is 46.7 Å². The number of benzene rings is 1. The van der Waals surface area contributed by atoms with Crippen molar-refractivity contribution in [2.45, 2.75) is 39.0 Å². The van der Waals surface area contributed by atoms with Crippen molar-refractivity contribution < 1.29 is 4.79 Å². The number of primary amides is 1. The molecule has 0 atom stereocenters. The number of carbonyl (C=O) groups is 1. The number of H-pyrrole nitrogens is 1. The number of aromatic nitrogens is 3. The lowest BCUT2D eigenvalue weighted by Gasteiger charge is -2.24. The van der Waals surface area contributed by atoms with Gasteiger partial charge in [-0.15, -0.1) is 11.3 Å². The maximum absolute atomic E-state index is 11.6. The van der Waals surface area contributed by atoms with Gasteiger partial charge in [-0.2, -0.15) is 5.10 Å². The molecule has 1 saturated carbocycles. The maximum atomic E-state index is 11.6. The fraction of sp³-hybridized carbons (Fsp3) is 0.368. The number of nitrogens with zero attached hydrogens (tertiary/aromatic N) is 2. The van der Waals surface area contributed by atoms with Crippen molar-refractivity contribution in [1.82, 2.24) is 15.2 Å². The highest BCUT2D eigenvalue weighted by Gasteiger charge is 2.18. The third-order valence-corrected chi connectivity index (χ3v) is 6.41. The van der Waals surface area contributed by atoms with Crippen LogP contribution in [0.15, 0.2) is 33.0 Å². The standard InChI is InChI=1S/C14H16N2O.C5H5BrN2OS/c17-14-12-7-2-1-6-11(12)13(15-16-14)9-8-10-4-3-5-10;1-2-3(4(7)9)10-5(6)8-2/h1-2,6-7,10H,3-5,8-9H2,(H,16,17);1H3,(H2,7,9). The summed E-state index contributed by atoms with van der Waals surface area (Å²) < 4.78 is 0.693. The Balaban J connectivity index is 0.000000180. The highest BCUT2D eigenvalue weighted by Crippen LogP contribution is 2.30. The van der Waals surface area contributed by atoms with E-state index in [1.807, 2.05) is 24.3 Å². The van der Waals surface area contributed by atoms with Crippen LogP contribution in [0.2, 0.25) is 0 Å². The van der Waals surface area contributed by atoms with Gasteiger partial charge in [0.2, 0.25) is 0 Å². The van der Waals surface area contributed by atoms with Crippen LogP contribution in [0, 0.1) is 12.8 Å². The zero-order chi connectivity index (χ0) is 19.4. The van der Waals surface area contributed by atoms with Crippen LogP contribution >= 0.6 is 27.3 Å². The predicted octanol–water partition coefficient (Wildman–Crippen LogP) is 3.97. The first kappa shape index (κ1) is 19.7. The largest absolute Gasteiger partial charge is 0.365 e. The van der Waals surface area contributed by atoms with Crippen molar-refractivity contribution in [3.63, 3.8) is 0 Å². The first-order valence-electron chi connectivity index (χ1n) is 8.84. The molecule has 3 N–H and O–H groups in total. The molecule has 0 saturated heterocycles. The molecule has 0 unspecified atom stereocenters. The minimum absolute atomic E-state index is 0.0898. The second-order valence-corrected chi connectivity index (χ2v) is 8.90. The summed E-state index contributed by atoms with van der Waals surface area (Å²) in [5, 5.41) is 8.56. The molecule has 1 amide bonds. The van der Waals surface area contributed by atoms with Gasteiger partial charge in [0.15, 0.2) is 3.92 Å². The minimum Gasteiger partial charge on any atom is -0.365 e. The number of halogens is 1. The average Bonchev–Trinajstić information content (AvgIpc) is 2.95. The molecule has 0 aliphatic heterocycles. The Hall–Kier alpha value is -2.06. The van der Waals surface area contributed by atoms with E-state index in [1.165, 1.54) is 37.0 Å². The summed E-state index contributed by atoms with van der Waals surface area (Å²) in [6.45, 7) is 1.75. The van der Waals surface area contributed by atoms with E-state index < -0.39 is 5.91 Å². The monoisotopic (exact) mass is 448 g/mol. The van der Waals surface area contributed by atoms with Crippen LogP contribution in [-0.4, -0.2) is 21.1 Å². The lowest BCUT2D eigenvalue weighted by Crippen LogP contribution is -2.14. The van der Waals surface area contributed by atoms with Gasteiger partial charge in [-0.05, 0) is 47.7 Å². The van der Waals surface area contributed by atoms with E-state index in [1.54, 1.807) is 6.92 Å². The summed E-state index contributed by atoms with van der Waals surface area (Å²) in [5.74, 6) is 0.461. The quantitative estimate of drug-likeness (QED) is 0.629. The normalized spacial score (nSPS) is 13.7. The molecule has 2 heterocycles. The lowest BCUT2D eigenvalue weighted by molar-refractivity contribution is 0.100. The van der Waals surface area contributed by atoms with Crippen molar-refractivity contribution in [3.8, 4) is 0 Å². The van der Waals surface area contributed by atoms with Gasteiger partial charge in [0.25, 0.3) is 11.5 Å². The fourth-order valence-electron chi connectivity index (χ4n) is 3.08. The summed E-state index contributed by atoms with van der Waals surface area (Å²) in [5.41, 5.74) is 6.67. The van der Waals surface area contributed by atoms with Crippen molar-refractivity contribution in [2.24, 2.45) is 11.7 Å². The van der Waals surface area contributed by atoms with E-state index in [0.29, 0.717) is 14.5 Å². The van der Waals surface area contributed by atoms with Crippen molar-refractivity contribution in [3.05, 3.63) is 54.8 Å². The van der Waals surface area contributed by atoms with E-state index in [2.05, 4.69) is 31.1 Å². The van der Waals surface area contributed by atoms with Crippen molar-refractivity contribution in [1.29, 1.82) is 0 Å². The first-order chi connectivity index (χ1) is 13.0. The molecule has 1 aromatic carbocycles. The molecule has 142 valence electrons. The summed E-state index contributed by atoms with van der Waals surface area (Å²) in [6, 6.07) is 7.72. The van der Waals surface area contributed by atoms with Gasteiger partial charge in [-0.3, -0.25) is 9.59 Å². The molecule has 0 spiro atoms. The number of rotatable bonds is 4. The Morgan fingerprint density at radius 1 is 1.33 bits per heavy atom. The number of fused-ring (bicyclic) bond motifs is 1. The molecule has 3 aromatic rings. The average molecular weight is 449 g/mol. The molecule has 0 radical (unpaired) electrons. The Bertz CT molecular complexity index is 1010. The number of hydrogen-bond acceptors (Lipinski definition) is 5. The number of amides is 1. The molecule has 2 aromatic heterocycles. The van der Waals surface area contributed by atoms with Gasteiger partial charge in [0.05, 0.1) is 16.8 Å². The van der Waals surface area contributed by atoms with E-state index >= 15 is 0 Å². The number of nitrogens with two attached hydrogens (primary N) is 1. The molecule has 6 nitrogen and oxygen atoms in total. The number of hydrogen-bond donors (Lipinski definition) is 2. The van der Waals surface area contributed by atoms with Crippen LogP contribution in [0.4, 0.5) is 0 Å². The SMILES string of the molecule is Cc1nc(Br)sc1C(N)=O.O=c1[nH]nc(CCC2CCC2)c2ccccc12. The minimum atomic E-state index is -0.416. The van der Waals surface area contributed by atoms with Crippen molar-refractivity contribution >= 4 is 43.9 Å². The van der Waals surface area contributed by atoms with Crippen molar-refractivity contribution in [2.75, 3.05) is 0 Å².